The van der Waals surface area contributed by atoms with Gasteiger partial charge in [-0.25, -0.2) is 0 Å². The van der Waals surface area contributed by atoms with E-state index in [1.807, 2.05) is 12.3 Å². The van der Waals surface area contributed by atoms with Crippen LogP contribution >= 0.6 is 0 Å². The number of nitrogens with zero attached hydrogens (tertiary/aromatic N) is 2. The maximum absolute atomic E-state index is 11.9. The number of hydrogen-bond acceptors (Lipinski definition) is 4. The van der Waals surface area contributed by atoms with Crippen LogP contribution in [0.3, 0.4) is 0 Å². The summed E-state index contributed by atoms with van der Waals surface area (Å²) in [4.78, 5) is 11.9. The topological polar surface area (TPSA) is 82.2 Å². The van der Waals surface area contributed by atoms with E-state index in [0.717, 1.165) is 6.42 Å². The first-order valence-electron chi connectivity index (χ1n) is 6.40. The van der Waals surface area contributed by atoms with Gasteiger partial charge in [-0.05, 0) is 30.7 Å². The maximum Gasteiger partial charge on any atom is 0.224 e. The molecule has 0 saturated heterocycles. The zero-order valence-corrected chi connectivity index (χ0v) is 11.4. The molecule has 0 fully saturated rings. The third-order valence-corrected chi connectivity index (χ3v) is 2.85. The number of amides is 1. The lowest BCUT2D eigenvalue weighted by atomic mass is 10.2. The fourth-order valence-corrected chi connectivity index (χ4v) is 1.87. The van der Waals surface area contributed by atoms with Crippen LogP contribution in [0.1, 0.15) is 12.8 Å². The second-order valence-corrected chi connectivity index (χ2v) is 4.38. The molecule has 0 unspecified atom stereocenters. The molecule has 0 bridgehead atoms. The normalized spacial score (nSPS) is 10.2. The number of aromatic nitrogens is 2. The zero-order valence-electron chi connectivity index (χ0n) is 11.4. The third kappa shape index (κ3) is 3.74. The van der Waals surface area contributed by atoms with Crippen molar-refractivity contribution in [3.05, 3.63) is 36.7 Å². The molecule has 1 amide bonds. The molecular formula is C14H18N4O2. The smallest absolute Gasteiger partial charge is 0.224 e. The Morgan fingerprint density at radius 2 is 2.35 bits per heavy atom. The van der Waals surface area contributed by atoms with Crippen molar-refractivity contribution in [1.29, 1.82) is 0 Å². The van der Waals surface area contributed by atoms with Crippen LogP contribution in [-0.2, 0) is 11.3 Å². The number of aryl methyl sites for hydroxylation is 1. The fourth-order valence-electron chi connectivity index (χ4n) is 1.87. The van der Waals surface area contributed by atoms with E-state index < -0.39 is 0 Å². The molecule has 1 aromatic heterocycles. The van der Waals surface area contributed by atoms with Gasteiger partial charge in [0, 0.05) is 31.0 Å². The summed E-state index contributed by atoms with van der Waals surface area (Å²) in [5.41, 5.74) is 6.88. The van der Waals surface area contributed by atoms with Crippen LogP contribution in [0.15, 0.2) is 36.7 Å². The van der Waals surface area contributed by atoms with Gasteiger partial charge in [-0.1, -0.05) is 0 Å². The predicted octanol–water partition coefficient (Wildman–Crippen LogP) is 1.89. The molecule has 6 heteroatoms. The van der Waals surface area contributed by atoms with Gasteiger partial charge in [-0.3, -0.25) is 9.48 Å². The van der Waals surface area contributed by atoms with E-state index in [0.29, 0.717) is 30.1 Å². The molecule has 0 aliphatic rings. The van der Waals surface area contributed by atoms with Gasteiger partial charge >= 0.3 is 0 Å². The Morgan fingerprint density at radius 3 is 3.05 bits per heavy atom. The van der Waals surface area contributed by atoms with E-state index in [9.17, 15) is 4.79 Å². The lowest BCUT2D eigenvalue weighted by Gasteiger charge is -2.10. The molecule has 0 atom stereocenters. The van der Waals surface area contributed by atoms with Gasteiger partial charge in [-0.15, -0.1) is 0 Å². The van der Waals surface area contributed by atoms with E-state index in [2.05, 4.69) is 10.4 Å². The van der Waals surface area contributed by atoms with Crippen LogP contribution < -0.4 is 15.8 Å². The standard InChI is InChI=1S/C14H18N4O2/c1-20-13-6-5-11(15)10-12(13)17-14(19)4-2-8-18-9-3-7-16-18/h3,5-7,9-10H,2,4,8,15H2,1H3,(H,17,19). The maximum atomic E-state index is 11.9. The van der Waals surface area contributed by atoms with Gasteiger partial charge in [0.15, 0.2) is 0 Å². The molecule has 1 heterocycles. The van der Waals surface area contributed by atoms with Crippen molar-refractivity contribution >= 4 is 17.3 Å². The van der Waals surface area contributed by atoms with Gasteiger partial charge in [0.2, 0.25) is 5.91 Å². The highest BCUT2D eigenvalue weighted by atomic mass is 16.5. The molecule has 3 N–H and O–H groups in total. The van der Waals surface area contributed by atoms with Crippen molar-refractivity contribution < 1.29 is 9.53 Å². The van der Waals surface area contributed by atoms with Crippen LogP contribution in [0, 0.1) is 0 Å². The first kappa shape index (κ1) is 13.9. The van der Waals surface area contributed by atoms with Crippen LogP contribution in [-0.4, -0.2) is 22.8 Å². The van der Waals surface area contributed by atoms with Crippen LogP contribution in [0.5, 0.6) is 5.75 Å². The number of carbonyl (C=O) groups is 1. The number of hydrogen-bond donors (Lipinski definition) is 2. The van der Waals surface area contributed by atoms with E-state index in [4.69, 9.17) is 10.5 Å². The summed E-state index contributed by atoms with van der Waals surface area (Å²) >= 11 is 0. The summed E-state index contributed by atoms with van der Waals surface area (Å²) in [6.07, 6.45) is 4.73. The number of carbonyl (C=O) groups excluding carboxylic acids is 1. The summed E-state index contributed by atoms with van der Waals surface area (Å²) < 4.78 is 6.98. The largest absolute Gasteiger partial charge is 0.495 e. The summed E-state index contributed by atoms with van der Waals surface area (Å²) in [6, 6.07) is 7.00. The second kappa shape index (κ2) is 6.60. The number of ether oxygens (including phenoxy) is 1. The number of anilines is 2. The van der Waals surface area contributed by atoms with E-state index in [1.165, 1.54) is 0 Å². The molecule has 2 rings (SSSR count). The number of benzene rings is 1. The summed E-state index contributed by atoms with van der Waals surface area (Å²) in [5, 5.41) is 6.89. The highest BCUT2D eigenvalue weighted by Crippen LogP contribution is 2.26. The van der Waals surface area contributed by atoms with E-state index in [-0.39, 0.29) is 5.91 Å². The molecule has 0 saturated carbocycles. The van der Waals surface area contributed by atoms with Crippen LogP contribution in [0.25, 0.3) is 0 Å². The molecule has 20 heavy (non-hydrogen) atoms. The number of methoxy groups -OCH3 is 1. The minimum Gasteiger partial charge on any atom is -0.495 e. The molecule has 0 spiro atoms. The predicted molar refractivity (Wildman–Crippen MR) is 77.5 cm³/mol. The summed E-state index contributed by atoms with van der Waals surface area (Å²) in [5.74, 6) is 0.528. The average molecular weight is 274 g/mol. The quantitative estimate of drug-likeness (QED) is 0.788. The monoisotopic (exact) mass is 274 g/mol. The molecule has 6 nitrogen and oxygen atoms in total. The van der Waals surface area contributed by atoms with Gasteiger partial charge < -0.3 is 15.8 Å². The minimum absolute atomic E-state index is 0.0685. The molecule has 1 aromatic carbocycles. The highest BCUT2D eigenvalue weighted by molar-refractivity contribution is 5.92. The average Bonchev–Trinajstić information content (AvgIpc) is 2.92. The first-order valence-corrected chi connectivity index (χ1v) is 6.40. The fraction of sp³-hybridized carbons (Fsp3) is 0.286. The first-order chi connectivity index (χ1) is 9.69. The van der Waals surface area contributed by atoms with Crippen molar-refractivity contribution in [1.82, 2.24) is 9.78 Å². The van der Waals surface area contributed by atoms with E-state index in [1.54, 1.807) is 36.2 Å². The van der Waals surface area contributed by atoms with Gasteiger partial charge in [-0.2, -0.15) is 5.10 Å². The number of nitrogens with two attached hydrogens (primary N) is 1. The van der Waals surface area contributed by atoms with Crippen molar-refractivity contribution in [3.8, 4) is 5.75 Å². The van der Waals surface area contributed by atoms with Crippen molar-refractivity contribution in [3.63, 3.8) is 0 Å². The van der Waals surface area contributed by atoms with Crippen molar-refractivity contribution in [2.75, 3.05) is 18.2 Å². The lowest BCUT2D eigenvalue weighted by molar-refractivity contribution is -0.116. The Kier molecular flexibility index (Phi) is 4.60. The number of nitrogens with one attached hydrogen (secondary N) is 1. The second-order valence-electron chi connectivity index (χ2n) is 4.38. The Labute approximate surface area is 117 Å². The van der Waals surface area contributed by atoms with E-state index >= 15 is 0 Å². The SMILES string of the molecule is COc1ccc(N)cc1NC(=O)CCCn1cccn1. The molecule has 106 valence electrons. The van der Waals surface area contributed by atoms with Crippen LogP contribution in [0.4, 0.5) is 11.4 Å². The minimum atomic E-state index is -0.0685. The van der Waals surface area contributed by atoms with Gasteiger partial charge in [0.1, 0.15) is 5.75 Å². The molecular weight excluding hydrogens is 256 g/mol. The Balaban J connectivity index is 1.86. The number of nitrogen functional groups attached to an aromatic ring is 1. The summed E-state index contributed by atoms with van der Waals surface area (Å²) in [7, 11) is 1.55. The highest BCUT2D eigenvalue weighted by Gasteiger charge is 2.08. The summed E-state index contributed by atoms with van der Waals surface area (Å²) in [6.45, 7) is 0.717. The molecule has 0 radical (unpaired) electrons. The van der Waals surface area contributed by atoms with Gasteiger partial charge in [0.25, 0.3) is 0 Å². The molecule has 0 aliphatic carbocycles. The van der Waals surface area contributed by atoms with Crippen molar-refractivity contribution in [2.24, 2.45) is 0 Å². The number of rotatable bonds is 6. The van der Waals surface area contributed by atoms with Crippen molar-refractivity contribution in [2.45, 2.75) is 19.4 Å². The zero-order chi connectivity index (χ0) is 14.4. The Bertz CT molecular complexity index is 567. The third-order valence-electron chi connectivity index (χ3n) is 2.85. The lowest BCUT2D eigenvalue weighted by Crippen LogP contribution is -2.13. The molecule has 2 aromatic rings. The molecule has 0 aliphatic heterocycles. The Hall–Kier alpha value is -2.50. The Morgan fingerprint density at radius 1 is 1.50 bits per heavy atom. The van der Waals surface area contributed by atoms with Gasteiger partial charge in [0.05, 0.1) is 12.8 Å². The van der Waals surface area contributed by atoms with Crippen LogP contribution in [0.2, 0.25) is 0 Å².